The maximum atomic E-state index is 3.33. The highest BCUT2D eigenvalue weighted by atomic mass is 15.1. The number of para-hydroxylation sites is 1. The highest BCUT2D eigenvalue weighted by Gasteiger charge is 2.22. The summed E-state index contributed by atoms with van der Waals surface area (Å²) in [5.74, 6) is 0. The summed E-state index contributed by atoms with van der Waals surface area (Å²) in [6.45, 7) is 4.55. The number of fused-ring (bicyclic) bond motifs is 1. The van der Waals surface area contributed by atoms with E-state index in [9.17, 15) is 0 Å². The molecule has 1 aromatic carbocycles. The first kappa shape index (κ1) is 11.2. The van der Waals surface area contributed by atoms with E-state index in [4.69, 9.17) is 0 Å². The Hall–Kier alpha value is -1.28. The van der Waals surface area contributed by atoms with Gasteiger partial charge in [-0.25, -0.2) is 0 Å². The van der Waals surface area contributed by atoms with Crippen LogP contribution < -0.4 is 0 Å². The van der Waals surface area contributed by atoms with Crippen LogP contribution in [0.1, 0.15) is 19.4 Å². The molecular weight excluding hydrogens is 196 g/mol. The average Bonchev–Trinajstić information content (AvgIpc) is 2.61. The van der Waals surface area contributed by atoms with Gasteiger partial charge in [-0.05, 0) is 46.0 Å². The van der Waals surface area contributed by atoms with Crippen molar-refractivity contribution in [2.24, 2.45) is 0 Å². The smallest absolute Gasteiger partial charge is 0.0456 e. The van der Waals surface area contributed by atoms with Crippen LogP contribution >= 0.6 is 0 Å². The van der Waals surface area contributed by atoms with E-state index >= 15 is 0 Å². The first-order valence-electron chi connectivity index (χ1n) is 5.73. The summed E-state index contributed by atoms with van der Waals surface area (Å²) in [7, 11) is 4.27. The number of hydrogen-bond acceptors (Lipinski definition) is 1. The van der Waals surface area contributed by atoms with Crippen LogP contribution in [0, 0.1) is 0 Å². The zero-order chi connectivity index (χ0) is 11.8. The molecule has 2 aromatic rings. The summed E-state index contributed by atoms with van der Waals surface area (Å²) >= 11 is 0. The van der Waals surface area contributed by atoms with E-state index in [0.29, 0.717) is 0 Å². The molecule has 0 aliphatic carbocycles. The van der Waals surface area contributed by atoms with Crippen molar-refractivity contribution in [3.63, 3.8) is 0 Å². The maximum absolute atomic E-state index is 3.33. The molecule has 0 fully saturated rings. The third-order valence-electron chi connectivity index (χ3n) is 3.51. The minimum absolute atomic E-state index is 0.185. The number of aromatic nitrogens is 1. The molecule has 0 aliphatic heterocycles. The van der Waals surface area contributed by atoms with Crippen LogP contribution in [0.15, 0.2) is 30.5 Å². The second kappa shape index (κ2) is 3.95. The van der Waals surface area contributed by atoms with E-state index in [-0.39, 0.29) is 5.54 Å². The minimum Gasteiger partial charge on any atom is -0.361 e. The van der Waals surface area contributed by atoms with Crippen LogP contribution in [0.5, 0.6) is 0 Å². The molecular formula is C14H20N2. The summed E-state index contributed by atoms with van der Waals surface area (Å²) in [6.07, 6.45) is 3.19. The van der Waals surface area contributed by atoms with Crippen LogP contribution in [-0.2, 0) is 6.42 Å². The Morgan fingerprint density at radius 3 is 2.56 bits per heavy atom. The van der Waals surface area contributed by atoms with Gasteiger partial charge in [0.2, 0.25) is 0 Å². The molecule has 16 heavy (non-hydrogen) atoms. The van der Waals surface area contributed by atoms with Crippen molar-refractivity contribution in [2.45, 2.75) is 25.8 Å². The van der Waals surface area contributed by atoms with Crippen LogP contribution in [0.3, 0.4) is 0 Å². The number of benzene rings is 1. The van der Waals surface area contributed by atoms with E-state index in [2.05, 4.69) is 68.3 Å². The fourth-order valence-electron chi connectivity index (χ4n) is 1.90. The monoisotopic (exact) mass is 216 g/mol. The average molecular weight is 216 g/mol. The largest absolute Gasteiger partial charge is 0.361 e. The summed E-state index contributed by atoms with van der Waals surface area (Å²) in [6, 6.07) is 8.48. The molecule has 1 aromatic heterocycles. The van der Waals surface area contributed by atoms with E-state index in [0.717, 1.165) is 6.42 Å². The van der Waals surface area contributed by atoms with Crippen molar-refractivity contribution in [3.05, 3.63) is 36.0 Å². The van der Waals surface area contributed by atoms with Crippen molar-refractivity contribution in [1.29, 1.82) is 0 Å². The Morgan fingerprint density at radius 1 is 1.19 bits per heavy atom. The third kappa shape index (κ3) is 1.98. The highest BCUT2D eigenvalue weighted by Crippen LogP contribution is 2.24. The fourth-order valence-corrected chi connectivity index (χ4v) is 1.90. The van der Waals surface area contributed by atoms with Crippen LogP contribution in [0.25, 0.3) is 10.9 Å². The van der Waals surface area contributed by atoms with Gasteiger partial charge in [0.1, 0.15) is 0 Å². The van der Waals surface area contributed by atoms with Gasteiger partial charge in [-0.3, -0.25) is 0 Å². The molecule has 0 spiro atoms. The fraction of sp³-hybridized carbons (Fsp3) is 0.429. The van der Waals surface area contributed by atoms with Crippen LogP contribution in [0.4, 0.5) is 0 Å². The van der Waals surface area contributed by atoms with Crippen LogP contribution in [-0.4, -0.2) is 29.5 Å². The molecule has 0 bridgehead atoms. The highest BCUT2D eigenvalue weighted by molar-refractivity contribution is 5.83. The van der Waals surface area contributed by atoms with Crippen LogP contribution in [0.2, 0.25) is 0 Å². The van der Waals surface area contributed by atoms with Crippen molar-refractivity contribution >= 4 is 10.9 Å². The molecule has 2 rings (SSSR count). The maximum Gasteiger partial charge on any atom is 0.0456 e. The van der Waals surface area contributed by atoms with Gasteiger partial charge >= 0.3 is 0 Å². The SMILES string of the molecule is CN(C)C(C)(C)Cc1c[nH]c2ccccc12. The number of nitrogens with zero attached hydrogens (tertiary/aromatic N) is 1. The molecule has 0 atom stereocenters. The number of likely N-dealkylation sites (N-methyl/N-ethyl adjacent to an activating group) is 1. The summed E-state index contributed by atoms with van der Waals surface area (Å²) in [5.41, 5.74) is 2.81. The van der Waals surface area contributed by atoms with Gasteiger partial charge in [0.25, 0.3) is 0 Å². The Morgan fingerprint density at radius 2 is 1.88 bits per heavy atom. The molecule has 0 amide bonds. The van der Waals surface area contributed by atoms with E-state index in [1.165, 1.54) is 16.5 Å². The van der Waals surface area contributed by atoms with E-state index in [1.807, 2.05) is 0 Å². The molecule has 86 valence electrons. The molecule has 2 nitrogen and oxygen atoms in total. The number of hydrogen-bond donors (Lipinski definition) is 1. The van der Waals surface area contributed by atoms with E-state index in [1.54, 1.807) is 0 Å². The van der Waals surface area contributed by atoms with Gasteiger partial charge in [0.15, 0.2) is 0 Å². The lowest BCUT2D eigenvalue weighted by atomic mass is 9.93. The Balaban J connectivity index is 2.35. The molecule has 2 heteroatoms. The Bertz CT molecular complexity index is 480. The first-order chi connectivity index (χ1) is 7.50. The van der Waals surface area contributed by atoms with Gasteiger partial charge in [-0.1, -0.05) is 18.2 Å². The van der Waals surface area contributed by atoms with Crippen molar-refractivity contribution in [3.8, 4) is 0 Å². The number of nitrogens with one attached hydrogen (secondary N) is 1. The summed E-state index contributed by atoms with van der Waals surface area (Å²) in [5, 5.41) is 1.34. The zero-order valence-electron chi connectivity index (χ0n) is 10.5. The summed E-state index contributed by atoms with van der Waals surface area (Å²) in [4.78, 5) is 5.60. The molecule has 1 N–H and O–H groups in total. The second-order valence-corrected chi connectivity index (χ2v) is 5.24. The predicted octanol–water partition coefficient (Wildman–Crippen LogP) is 3.05. The van der Waals surface area contributed by atoms with Gasteiger partial charge in [0, 0.05) is 22.6 Å². The lowest BCUT2D eigenvalue weighted by Gasteiger charge is -2.32. The van der Waals surface area contributed by atoms with Gasteiger partial charge in [0.05, 0.1) is 0 Å². The minimum atomic E-state index is 0.185. The lowest BCUT2D eigenvalue weighted by molar-refractivity contribution is 0.195. The number of rotatable bonds is 3. The van der Waals surface area contributed by atoms with E-state index < -0.39 is 0 Å². The molecule has 1 heterocycles. The van der Waals surface area contributed by atoms with Crippen molar-refractivity contribution in [1.82, 2.24) is 9.88 Å². The predicted molar refractivity (Wildman–Crippen MR) is 69.8 cm³/mol. The van der Waals surface area contributed by atoms with Gasteiger partial charge in [-0.15, -0.1) is 0 Å². The molecule has 0 radical (unpaired) electrons. The molecule has 0 unspecified atom stereocenters. The zero-order valence-corrected chi connectivity index (χ0v) is 10.5. The van der Waals surface area contributed by atoms with Crippen molar-refractivity contribution < 1.29 is 0 Å². The molecule has 0 saturated heterocycles. The Kier molecular flexibility index (Phi) is 2.76. The number of H-pyrrole nitrogens is 1. The Labute approximate surface area is 97.3 Å². The topological polar surface area (TPSA) is 19.0 Å². The van der Waals surface area contributed by atoms with Crippen molar-refractivity contribution in [2.75, 3.05) is 14.1 Å². The first-order valence-corrected chi connectivity index (χ1v) is 5.73. The summed E-state index contributed by atoms with van der Waals surface area (Å²) < 4.78 is 0. The third-order valence-corrected chi connectivity index (χ3v) is 3.51. The molecule has 0 saturated carbocycles. The number of aromatic amines is 1. The second-order valence-electron chi connectivity index (χ2n) is 5.24. The van der Waals surface area contributed by atoms with Gasteiger partial charge < -0.3 is 9.88 Å². The van der Waals surface area contributed by atoms with Gasteiger partial charge in [-0.2, -0.15) is 0 Å². The lowest BCUT2D eigenvalue weighted by Crippen LogP contribution is -2.40. The molecule has 0 aliphatic rings. The quantitative estimate of drug-likeness (QED) is 0.835. The standard InChI is InChI=1S/C14H20N2/c1-14(2,16(3)4)9-11-10-15-13-8-6-5-7-12(11)13/h5-8,10,15H,9H2,1-4H3. The normalized spacial score (nSPS) is 12.6.